The number of carbonyl (C=O) groups excluding carboxylic acids is 1. The van der Waals surface area contributed by atoms with E-state index in [4.69, 9.17) is 4.74 Å². The smallest absolute Gasteiger partial charge is 0.407 e. The lowest BCUT2D eigenvalue weighted by Gasteiger charge is -2.27. The van der Waals surface area contributed by atoms with Crippen molar-refractivity contribution in [3.05, 3.63) is 0 Å². The highest BCUT2D eigenvalue weighted by Crippen LogP contribution is 2.26. The lowest BCUT2D eigenvalue weighted by molar-refractivity contribution is 0.0491. The van der Waals surface area contributed by atoms with E-state index in [0.29, 0.717) is 12.6 Å². The number of likely N-dealkylation sites (tertiary alicyclic amines) is 1. The molecule has 1 heterocycles. The Morgan fingerprint density at radius 2 is 1.86 bits per heavy atom. The van der Waals surface area contributed by atoms with Gasteiger partial charge in [-0.25, -0.2) is 4.79 Å². The van der Waals surface area contributed by atoms with E-state index in [1.165, 1.54) is 32.2 Å². The van der Waals surface area contributed by atoms with E-state index in [9.17, 15) is 4.79 Å². The predicted molar refractivity (Wildman–Crippen MR) is 130 cm³/mol. The van der Waals surface area contributed by atoms with Gasteiger partial charge in [-0.2, -0.15) is 0 Å². The SMILES string of the molecule is CN=C(NCC(NC(=O)OC(C)(C)C)C(C)C)NC1CCN(C2CCCC2)C1.I. The maximum atomic E-state index is 12.1. The second-order valence-corrected chi connectivity index (χ2v) is 9.51. The Morgan fingerprint density at radius 3 is 2.41 bits per heavy atom. The van der Waals surface area contributed by atoms with Gasteiger partial charge in [0.1, 0.15) is 5.60 Å². The maximum Gasteiger partial charge on any atom is 0.407 e. The highest BCUT2D eigenvalue weighted by atomic mass is 127. The number of alkyl carbamates (subject to hydrolysis) is 1. The molecule has 2 unspecified atom stereocenters. The topological polar surface area (TPSA) is 78.0 Å². The van der Waals surface area contributed by atoms with Crippen molar-refractivity contribution in [2.24, 2.45) is 10.9 Å². The number of amides is 1. The van der Waals surface area contributed by atoms with Gasteiger partial charge < -0.3 is 20.7 Å². The second-order valence-electron chi connectivity index (χ2n) is 9.51. The van der Waals surface area contributed by atoms with E-state index in [1.54, 1.807) is 7.05 Å². The van der Waals surface area contributed by atoms with Crippen molar-refractivity contribution in [1.29, 1.82) is 0 Å². The molecule has 3 N–H and O–H groups in total. The van der Waals surface area contributed by atoms with Crippen molar-refractivity contribution in [2.45, 2.75) is 90.4 Å². The lowest BCUT2D eigenvalue weighted by Crippen LogP contribution is -2.52. The number of hydrogen-bond donors (Lipinski definition) is 3. The molecule has 0 aromatic heterocycles. The zero-order chi connectivity index (χ0) is 20.7. The zero-order valence-corrected chi connectivity index (χ0v) is 21.4. The Bertz CT molecular complexity index is 530. The molecule has 0 aromatic rings. The van der Waals surface area contributed by atoms with Crippen molar-refractivity contribution >= 4 is 36.0 Å². The van der Waals surface area contributed by atoms with Gasteiger partial charge in [0.05, 0.1) is 6.04 Å². The fourth-order valence-corrected chi connectivity index (χ4v) is 4.01. The Labute approximate surface area is 194 Å². The molecule has 8 heteroatoms. The molecule has 29 heavy (non-hydrogen) atoms. The molecular weight excluding hydrogens is 481 g/mol. The number of guanidine groups is 1. The third kappa shape index (κ3) is 9.27. The minimum Gasteiger partial charge on any atom is -0.444 e. The van der Waals surface area contributed by atoms with Gasteiger partial charge in [-0.15, -0.1) is 24.0 Å². The summed E-state index contributed by atoms with van der Waals surface area (Å²) >= 11 is 0. The summed E-state index contributed by atoms with van der Waals surface area (Å²) in [5, 5.41) is 9.91. The summed E-state index contributed by atoms with van der Waals surface area (Å²) in [6, 6.07) is 1.18. The summed E-state index contributed by atoms with van der Waals surface area (Å²) in [4.78, 5) is 19.1. The van der Waals surface area contributed by atoms with E-state index < -0.39 is 5.60 Å². The molecule has 0 spiro atoms. The van der Waals surface area contributed by atoms with Crippen LogP contribution in [0.15, 0.2) is 4.99 Å². The van der Waals surface area contributed by atoms with Crippen LogP contribution in [0.1, 0.15) is 66.7 Å². The number of aliphatic imine (C=N–C) groups is 1. The van der Waals surface area contributed by atoms with Crippen molar-refractivity contribution in [1.82, 2.24) is 20.9 Å². The van der Waals surface area contributed by atoms with Gasteiger partial charge in [0.2, 0.25) is 0 Å². The van der Waals surface area contributed by atoms with Crippen LogP contribution in [0.4, 0.5) is 4.79 Å². The van der Waals surface area contributed by atoms with E-state index in [1.807, 2.05) is 20.8 Å². The van der Waals surface area contributed by atoms with Crippen LogP contribution >= 0.6 is 24.0 Å². The summed E-state index contributed by atoms with van der Waals surface area (Å²) in [6.07, 6.45) is 6.24. The van der Waals surface area contributed by atoms with Crippen LogP contribution in [0, 0.1) is 5.92 Å². The third-order valence-electron chi connectivity index (χ3n) is 5.62. The van der Waals surface area contributed by atoms with Gasteiger partial charge in [-0.05, 0) is 46.0 Å². The van der Waals surface area contributed by atoms with Crippen LogP contribution in [0.3, 0.4) is 0 Å². The molecule has 7 nitrogen and oxygen atoms in total. The highest BCUT2D eigenvalue weighted by Gasteiger charge is 2.30. The standard InChI is InChI=1S/C21H41N5O2.HI/c1-15(2)18(25-20(27)28-21(3,4)5)13-23-19(22-6)24-16-11-12-26(14-16)17-9-7-8-10-17;/h15-18H,7-14H2,1-6H3,(H,25,27)(H2,22,23,24);1H. The summed E-state index contributed by atoms with van der Waals surface area (Å²) in [5.41, 5.74) is -0.496. The van der Waals surface area contributed by atoms with Crippen LogP contribution in [0.5, 0.6) is 0 Å². The molecule has 2 rings (SSSR count). The molecule has 1 aliphatic heterocycles. The quantitative estimate of drug-likeness (QED) is 0.283. The molecule has 0 radical (unpaired) electrons. The van der Waals surface area contributed by atoms with Gasteiger partial charge >= 0.3 is 6.09 Å². The molecule has 1 saturated heterocycles. The number of nitrogens with zero attached hydrogens (tertiary/aromatic N) is 2. The van der Waals surface area contributed by atoms with Gasteiger partial charge in [-0.1, -0.05) is 26.7 Å². The van der Waals surface area contributed by atoms with E-state index >= 15 is 0 Å². The summed E-state index contributed by atoms with van der Waals surface area (Å²) in [5.74, 6) is 1.08. The molecule has 2 fully saturated rings. The Hall–Kier alpha value is -0.770. The van der Waals surface area contributed by atoms with Gasteiger partial charge in [0.15, 0.2) is 5.96 Å². The molecule has 2 atom stereocenters. The number of ether oxygens (including phenoxy) is 1. The van der Waals surface area contributed by atoms with E-state index in [-0.39, 0.29) is 42.0 Å². The Balaban J connectivity index is 0.00000420. The van der Waals surface area contributed by atoms with Gasteiger partial charge in [0.25, 0.3) is 0 Å². The largest absolute Gasteiger partial charge is 0.444 e. The fraction of sp³-hybridized carbons (Fsp3) is 0.905. The number of rotatable bonds is 6. The molecule has 170 valence electrons. The maximum absolute atomic E-state index is 12.1. The summed E-state index contributed by atoms with van der Waals surface area (Å²) < 4.78 is 5.39. The summed E-state index contributed by atoms with van der Waals surface area (Å²) in [7, 11) is 1.80. The van der Waals surface area contributed by atoms with Crippen LogP contribution in [-0.4, -0.2) is 67.4 Å². The van der Waals surface area contributed by atoms with Crippen LogP contribution in [-0.2, 0) is 4.74 Å². The number of hydrogen-bond acceptors (Lipinski definition) is 4. The van der Waals surface area contributed by atoms with Crippen molar-refractivity contribution < 1.29 is 9.53 Å². The first-order valence-corrected chi connectivity index (χ1v) is 10.9. The van der Waals surface area contributed by atoms with Crippen LogP contribution in [0.2, 0.25) is 0 Å². The van der Waals surface area contributed by atoms with Crippen LogP contribution in [0.25, 0.3) is 0 Å². The first kappa shape index (κ1) is 26.3. The van der Waals surface area contributed by atoms with Crippen molar-refractivity contribution in [3.8, 4) is 0 Å². The first-order chi connectivity index (χ1) is 13.2. The molecule has 1 aliphatic carbocycles. The van der Waals surface area contributed by atoms with Crippen LogP contribution < -0.4 is 16.0 Å². The van der Waals surface area contributed by atoms with Crippen molar-refractivity contribution in [2.75, 3.05) is 26.7 Å². The molecule has 1 amide bonds. The Morgan fingerprint density at radius 1 is 1.21 bits per heavy atom. The minimum absolute atomic E-state index is 0. The van der Waals surface area contributed by atoms with Gasteiger partial charge in [-0.3, -0.25) is 9.89 Å². The monoisotopic (exact) mass is 523 g/mol. The lowest BCUT2D eigenvalue weighted by atomic mass is 10.0. The average Bonchev–Trinajstić information content (AvgIpc) is 3.26. The first-order valence-electron chi connectivity index (χ1n) is 10.9. The van der Waals surface area contributed by atoms with Crippen molar-refractivity contribution in [3.63, 3.8) is 0 Å². The number of halogens is 1. The number of carbonyl (C=O) groups is 1. The average molecular weight is 524 g/mol. The third-order valence-corrected chi connectivity index (χ3v) is 5.62. The molecule has 2 aliphatic rings. The minimum atomic E-state index is -0.496. The van der Waals surface area contributed by atoms with E-state index in [0.717, 1.165) is 25.0 Å². The zero-order valence-electron chi connectivity index (χ0n) is 19.1. The predicted octanol–water partition coefficient (Wildman–Crippen LogP) is 3.34. The molecular formula is C21H42IN5O2. The second kappa shape index (κ2) is 12.2. The Kier molecular flexibility index (Phi) is 11.0. The van der Waals surface area contributed by atoms with Gasteiger partial charge in [0, 0.05) is 38.8 Å². The van der Waals surface area contributed by atoms with E-state index in [2.05, 4.69) is 39.7 Å². The highest BCUT2D eigenvalue weighted by molar-refractivity contribution is 14.0. The summed E-state index contributed by atoms with van der Waals surface area (Å²) in [6.45, 7) is 12.7. The molecule has 0 bridgehead atoms. The normalized spacial score (nSPS) is 22.3. The fourth-order valence-electron chi connectivity index (χ4n) is 4.01. The molecule has 0 aromatic carbocycles. The molecule has 1 saturated carbocycles. The number of nitrogens with one attached hydrogen (secondary N) is 3.